The van der Waals surface area contributed by atoms with Crippen LogP contribution in [0.3, 0.4) is 0 Å². The second-order valence-corrected chi connectivity index (χ2v) is 10.4. The fraction of sp³-hybridized carbons (Fsp3) is 0.571. The summed E-state index contributed by atoms with van der Waals surface area (Å²) in [5.74, 6) is -0.809. The lowest BCUT2D eigenvalue weighted by Gasteiger charge is -2.21. The van der Waals surface area contributed by atoms with Gasteiger partial charge in [0.05, 0.1) is 12.5 Å². The Morgan fingerprint density at radius 3 is 2.49 bits per heavy atom. The maximum absolute atomic E-state index is 10.8. The van der Waals surface area contributed by atoms with E-state index in [1.54, 1.807) is 18.3 Å². The van der Waals surface area contributed by atoms with Gasteiger partial charge in [0.1, 0.15) is 0 Å². The normalized spacial score (nSPS) is 17.5. The van der Waals surface area contributed by atoms with E-state index in [0.717, 1.165) is 11.6 Å². The van der Waals surface area contributed by atoms with Crippen molar-refractivity contribution < 1.29 is 14.6 Å². The van der Waals surface area contributed by atoms with Gasteiger partial charge in [0.2, 0.25) is 5.88 Å². The van der Waals surface area contributed by atoms with Crippen LogP contribution >= 0.6 is 23.2 Å². The summed E-state index contributed by atoms with van der Waals surface area (Å²) in [4.78, 5) is 14.8. The average Bonchev–Trinajstić information content (AvgIpc) is 3.63. The van der Waals surface area contributed by atoms with Gasteiger partial charge in [-0.15, -0.1) is 0 Å². The van der Waals surface area contributed by atoms with Crippen molar-refractivity contribution in [1.29, 1.82) is 0 Å². The number of halogens is 2. The number of ether oxygens (including phenoxy) is 1. The van der Waals surface area contributed by atoms with Gasteiger partial charge in [-0.1, -0.05) is 87.2 Å². The Labute approximate surface area is 219 Å². The average molecular weight is 522 g/mol. The number of pyridine rings is 1. The van der Waals surface area contributed by atoms with Gasteiger partial charge in [-0.05, 0) is 56.0 Å². The first-order valence-electron chi connectivity index (χ1n) is 13.0. The van der Waals surface area contributed by atoms with Gasteiger partial charge in [-0.25, -0.2) is 4.98 Å². The molecule has 1 unspecified atom stereocenters. The van der Waals surface area contributed by atoms with Gasteiger partial charge < -0.3 is 15.2 Å². The monoisotopic (exact) mass is 520 g/mol. The quantitative estimate of drug-likeness (QED) is 0.280. The Kier molecular flexibility index (Phi) is 11.1. The molecule has 1 aliphatic heterocycles. The molecule has 0 spiro atoms. The first-order chi connectivity index (χ1) is 17.0. The van der Waals surface area contributed by atoms with Gasteiger partial charge in [0.25, 0.3) is 0 Å². The molecule has 2 aromatic rings. The molecule has 1 fully saturated rings. The summed E-state index contributed by atoms with van der Waals surface area (Å²) < 4.78 is 5.23. The third-order valence-corrected chi connectivity index (χ3v) is 7.36. The van der Waals surface area contributed by atoms with E-state index >= 15 is 0 Å². The number of hydrogen-bond acceptors (Lipinski definition) is 4. The molecule has 35 heavy (non-hydrogen) atoms. The summed E-state index contributed by atoms with van der Waals surface area (Å²) in [6, 6.07) is 9.36. The van der Waals surface area contributed by atoms with Crippen molar-refractivity contribution in [3.8, 4) is 5.88 Å². The maximum Gasteiger partial charge on any atom is 0.311 e. The molecule has 1 atom stereocenters. The van der Waals surface area contributed by atoms with Crippen molar-refractivity contribution >= 4 is 29.2 Å². The number of nitrogens with one attached hydrogen (secondary N) is 1. The third-order valence-electron chi connectivity index (χ3n) is 6.81. The Morgan fingerprint density at radius 2 is 1.83 bits per heavy atom. The van der Waals surface area contributed by atoms with E-state index in [9.17, 15) is 4.79 Å². The summed E-state index contributed by atoms with van der Waals surface area (Å²) in [5.41, 5.74) is 2.03. The Morgan fingerprint density at radius 1 is 1.11 bits per heavy atom. The van der Waals surface area contributed by atoms with Crippen LogP contribution in [-0.4, -0.2) is 29.2 Å². The second kappa shape index (κ2) is 14.1. The smallest absolute Gasteiger partial charge is 0.311 e. The molecular weight excluding hydrogens is 483 g/mol. The van der Waals surface area contributed by atoms with E-state index < -0.39 is 11.9 Å². The fourth-order valence-corrected chi connectivity index (χ4v) is 5.19. The number of unbranched alkanes of at least 4 members (excludes halogenated alkanes) is 7. The first-order valence-corrected chi connectivity index (χ1v) is 13.7. The van der Waals surface area contributed by atoms with Crippen LogP contribution in [0.1, 0.15) is 94.6 Å². The predicted octanol–water partition coefficient (Wildman–Crippen LogP) is 7.75. The lowest BCUT2D eigenvalue weighted by atomic mass is 9.96. The molecule has 4 rings (SSSR count). The van der Waals surface area contributed by atoms with Gasteiger partial charge in [-0.3, -0.25) is 4.79 Å². The van der Waals surface area contributed by atoms with E-state index in [1.165, 1.54) is 69.8 Å². The van der Waals surface area contributed by atoms with E-state index in [2.05, 4.69) is 23.3 Å². The zero-order valence-electron chi connectivity index (χ0n) is 20.7. The molecule has 0 radical (unpaired) electrons. The van der Waals surface area contributed by atoms with Crippen molar-refractivity contribution in [2.24, 2.45) is 0 Å². The predicted molar refractivity (Wildman–Crippen MR) is 143 cm³/mol. The Bertz CT molecular complexity index is 950. The number of fused-ring (bicyclic) bond motifs is 1. The molecule has 1 saturated carbocycles. The molecule has 192 valence electrons. The maximum atomic E-state index is 10.8. The van der Waals surface area contributed by atoms with Crippen molar-refractivity contribution in [2.45, 2.75) is 89.0 Å². The molecule has 2 N–H and O–H groups in total. The van der Waals surface area contributed by atoms with Crippen LogP contribution in [0.2, 0.25) is 10.0 Å². The first kappa shape index (κ1) is 27.8. The van der Waals surface area contributed by atoms with Gasteiger partial charge in [0.15, 0.2) is 0 Å². The second-order valence-electron chi connectivity index (χ2n) is 9.53. The number of rotatable bonds is 12. The molecule has 2 heterocycles. The molecule has 2 aliphatic rings. The molecule has 1 aromatic carbocycles. The van der Waals surface area contributed by atoms with Crippen molar-refractivity contribution in [3.63, 3.8) is 0 Å². The van der Waals surface area contributed by atoms with Crippen molar-refractivity contribution in [3.05, 3.63) is 57.7 Å². The third kappa shape index (κ3) is 8.37. The minimum absolute atomic E-state index is 0.128. The van der Waals surface area contributed by atoms with E-state index in [-0.39, 0.29) is 5.54 Å². The lowest BCUT2D eigenvalue weighted by Crippen LogP contribution is -2.30. The number of aromatic nitrogens is 1. The summed E-state index contributed by atoms with van der Waals surface area (Å²) in [5, 5.41) is 14.1. The summed E-state index contributed by atoms with van der Waals surface area (Å²) in [6.07, 6.45) is 15.4. The largest absolute Gasteiger partial charge is 0.481 e. The highest BCUT2D eigenvalue weighted by molar-refractivity contribution is 6.35. The van der Waals surface area contributed by atoms with E-state index in [4.69, 9.17) is 33.0 Å². The summed E-state index contributed by atoms with van der Waals surface area (Å²) in [7, 11) is 0. The van der Waals surface area contributed by atoms with Crippen molar-refractivity contribution in [2.75, 3.05) is 13.2 Å². The van der Waals surface area contributed by atoms with Crippen molar-refractivity contribution in [1.82, 2.24) is 10.3 Å². The summed E-state index contributed by atoms with van der Waals surface area (Å²) in [6.45, 7) is 3.79. The van der Waals surface area contributed by atoms with Crippen LogP contribution in [-0.2, 0) is 10.3 Å². The van der Waals surface area contributed by atoms with Crippen LogP contribution in [0.4, 0.5) is 0 Å². The van der Waals surface area contributed by atoms with Crippen LogP contribution in [0, 0.1) is 0 Å². The Balaban J connectivity index is 0.000000223. The SMILES string of the molecule is CCCCCCCCCCNC1(c2ccc(Cl)cc2Cl)CC1.O=C(O)C1CCOc2ncccc21. The fourth-order valence-electron chi connectivity index (χ4n) is 4.60. The zero-order chi connectivity index (χ0) is 25.1. The van der Waals surface area contributed by atoms with Gasteiger partial charge in [0, 0.05) is 27.3 Å². The molecule has 5 nitrogen and oxygen atoms in total. The minimum Gasteiger partial charge on any atom is -0.481 e. The van der Waals surface area contributed by atoms with Crippen LogP contribution < -0.4 is 10.1 Å². The standard InChI is InChI=1S/C19H29Cl2N.C9H9NO3/c1-2-3-4-5-6-7-8-9-14-22-19(12-13-19)17-11-10-16(20)15-18(17)21;11-9(12)7-3-5-13-8-6(7)2-1-4-10-8/h10-11,15,22H,2-9,12-14H2,1H3;1-2,4,7H,3,5H2,(H,11,12). The summed E-state index contributed by atoms with van der Waals surface area (Å²) >= 11 is 12.3. The highest BCUT2D eigenvalue weighted by Crippen LogP contribution is 2.48. The number of benzene rings is 1. The van der Waals surface area contributed by atoms with Crippen LogP contribution in [0.5, 0.6) is 5.88 Å². The van der Waals surface area contributed by atoms with Crippen LogP contribution in [0.15, 0.2) is 36.5 Å². The van der Waals surface area contributed by atoms with Crippen LogP contribution in [0.25, 0.3) is 0 Å². The zero-order valence-corrected chi connectivity index (χ0v) is 22.2. The van der Waals surface area contributed by atoms with E-state index in [0.29, 0.717) is 29.5 Å². The molecule has 0 amide bonds. The lowest BCUT2D eigenvalue weighted by molar-refractivity contribution is -0.139. The molecule has 0 bridgehead atoms. The number of carboxylic acids is 1. The van der Waals surface area contributed by atoms with Gasteiger partial charge in [-0.2, -0.15) is 0 Å². The number of nitrogens with zero attached hydrogens (tertiary/aromatic N) is 1. The molecule has 0 saturated heterocycles. The number of carboxylic acid groups (broad SMARTS) is 1. The number of hydrogen-bond donors (Lipinski definition) is 2. The highest BCUT2D eigenvalue weighted by atomic mass is 35.5. The van der Waals surface area contributed by atoms with Gasteiger partial charge >= 0.3 is 5.97 Å². The molecular formula is C28H38Cl2N2O3. The molecule has 7 heteroatoms. The molecule has 1 aromatic heterocycles. The van der Waals surface area contributed by atoms with E-state index in [1.807, 2.05) is 12.1 Å². The Hall–Kier alpha value is -1.82. The number of carbonyl (C=O) groups is 1. The molecule has 1 aliphatic carbocycles. The highest BCUT2D eigenvalue weighted by Gasteiger charge is 2.44. The number of aliphatic carboxylic acids is 1. The minimum atomic E-state index is -0.808. The topological polar surface area (TPSA) is 71.5 Å².